The van der Waals surface area contributed by atoms with Crippen LogP contribution in [0.1, 0.15) is 16.9 Å². The summed E-state index contributed by atoms with van der Waals surface area (Å²) in [6.07, 6.45) is -3.34. The summed E-state index contributed by atoms with van der Waals surface area (Å²) in [7, 11) is 0. The molecule has 0 radical (unpaired) electrons. The lowest BCUT2D eigenvalue weighted by Crippen LogP contribution is -2.20. The number of alkyl halides is 3. The Balaban J connectivity index is 1.58. The van der Waals surface area contributed by atoms with Crippen LogP contribution in [-0.2, 0) is 17.4 Å². The fraction of sp³-hybridized carbons (Fsp3) is 0.100. The van der Waals surface area contributed by atoms with Gasteiger partial charge >= 0.3 is 6.18 Å². The number of hydrogen-bond acceptors (Lipinski definition) is 3. The van der Waals surface area contributed by atoms with E-state index in [2.05, 4.69) is 26.5 Å². The topological polar surface area (TPSA) is 54.6 Å². The predicted octanol–water partition coefficient (Wildman–Crippen LogP) is 5.42. The van der Waals surface area contributed by atoms with Crippen LogP contribution in [0.3, 0.4) is 0 Å². The number of amides is 1. The van der Waals surface area contributed by atoms with Crippen LogP contribution >= 0.6 is 15.9 Å². The first kappa shape index (κ1) is 19.9. The Morgan fingerprint density at radius 2 is 1.86 bits per heavy atom. The van der Waals surface area contributed by atoms with Crippen molar-refractivity contribution in [1.29, 1.82) is 0 Å². The molecule has 4 nitrogen and oxygen atoms in total. The summed E-state index contributed by atoms with van der Waals surface area (Å²) >= 11 is 3.36. The number of hydrazone groups is 1. The van der Waals surface area contributed by atoms with Crippen LogP contribution in [0.4, 0.5) is 13.2 Å². The van der Waals surface area contributed by atoms with Crippen LogP contribution in [0.25, 0.3) is 11.3 Å². The maximum absolute atomic E-state index is 12.7. The molecule has 144 valence electrons. The Labute approximate surface area is 167 Å². The standard InChI is InChI=1S/C20H14BrF3N2O2/c21-16-6-4-14(5-7-16)18-9-8-17(28-18)12-25-26-19(27)11-13-2-1-3-15(10-13)20(22,23)24/h1-10,12H,11H2,(H,26,27)/b25-12-. The molecule has 0 saturated heterocycles. The molecule has 0 fully saturated rings. The van der Waals surface area contributed by atoms with Crippen molar-refractivity contribution >= 4 is 28.1 Å². The van der Waals surface area contributed by atoms with Crippen molar-refractivity contribution in [3.63, 3.8) is 0 Å². The third-order valence-corrected chi connectivity index (χ3v) is 4.28. The van der Waals surface area contributed by atoms with Gasteiger partial charge in [-0.1, -0.05) is 46.3 Å². The van der Waals surface area contributed by atoms with E-state index in [0.29, 0.717) is 11.5 Å². The van der Waals surface area contributed by atoms with Gasteiger partial charge < -0.3 is 4.42 Å². The zero-order valence-electron chi connectivity index (χ0n) is 14.3. The largest absolute Gasteiger partial charge is 0.455 e. The smallest absolute Gasteiger partial charge is 0.416 e. The molecule has 0 bridgehead atoms. The van der Waals surface area contributed by atoms with E-state index in [-0.39, 0.29) is 12.0 Å². The van der Waals surface area contributed by atoms with Gasteiger partial charge in [-0.15, -0.1) is 0 Å². The highest BCUT2D eigenvalue weighted by Gasteiger charge is 2.30. The highest BCUT2D eigenvalue weighted by atomic mass is 79.9. The van der Waals surface area contributed by atoms with Gasteiger partial charge in [0, 0.05) is 10.0 Å². The van der Waals surface area contributed by atoms with Crippen LogP contribution in [0.15, 0.2) is 74.7 Å². The minimum absolute atomic E-state index is 0.219. The SMILES string of the molecule is O=C(Cc1cccc(C(F)(F)F)c1)N/N=C\c1ccc(-c2ccc(Br)cc2)o1. The molecule has 8 heteroatoms. The molecule has 1 heterocycles. The van der Waals surface area contributed by atoms with Crippen molar-refractivity contribution in [2.24, 2.45) is 5.10 Å². The number of nitrogens with one attached hydrogen (secondary N) is 1. The van der Waals surface area contributed by atoms with Crippen LogP contribution in [0, 0.1) is 0 Å². The van der Waals surface area contributed by atoms with Crippen LogP contribution < -0.4 is 5.43 Å². The fourth-order valence-corrected chi connectivity index (χ4v) is 2.71. The zero-order valence-corrected chi connectivity index (χ0v) is 15.9. The number of rotatable bonds is 5. The first-order valence-corrected chi connectivity index (χ1v) is 8.94. The Morgan fingerprint density at radius 3 is 2.57 bits per heavy atom. The molecule has 0 spiro atoms. The third kappa shape index (κ3) is 5.32. The van der Waals surface area contributed by atoms with Gasteiger partial charge in [0.25, 0.3) is 0 Å². The van der Waals surface area contributed by atoms with E-state index in [0.717, 1.165) is 22.2 Å². The fourth-order valence-electron chi connectivity index (χ4n) is 2.44. The van der Waals surface area contributed by atoms with E-state index in [1.54, 1.807) is 12.1 Å². The summed E-state index contributed by atoms with van der Waals surface area (Å²) in [6, 6.07) is 15.6. The number of halogens is 4. The lowest BCUT2D eigenvalue weighted by atomic mass is 10.1. The van der Waals surface area contributed by atoms with Gasteiger partial charge in [0.15, 0.2) is 0 Å². The molecular formula is C20H14BrF3N2O2. The molecule has 3 aromatic rings. The summed E-state index contributed by atoms with van der Waals surface area (Å²) in [5.41, 5.74) is 2.62. The van der Waals surface area contributed by atoms with E-state index >= 15 is 0 Å². The van der Waals surface area contributed by atoms with Crippen LogP contribution in [0.2, 0.25) is 0 Å². The van der Waals surface area contributed by atoms with Gasteiger partial charge in [0.1, 0.15) is 11.5 Å². The minimum Gasteiger partial charge on any atom is -0.455 e. The Hall–Kier alpha value is -2.87. The molecule has 1 N–H and O–H groups in total. The highest BCUT2D eigenvalue weighted by Crippen LogP contribution is 2.29. The minimum atomic E-state index is -4.45. The molecule has 0 aliphatic rings. The van der Waals surface area contributed by atoms with E-state index in [4.69, 9.17) is 4.42 Å². The molecule has 0 atom stereocenters. The first-order chi connectivity index (χ1) is 13.3. The maximum atomic E-state index is 12.7. The summed E-state index contributed by atoms with van der Waals surface area (Å²) in [5, 5.41) is 3.78. The monoisotopic (exact) mass is 450 g/mol. The van der Waals surface area contributed by atoms with Crippen molar-refractivity contribution in [3.8, 4) is 11.3 Å². The summed E-state index contributed by atoms with van der Waals surface area (Å²) in [5.74, 6) is 0.539. The highest BCUT2D eigenvalue weighted by molar-refractivity contribution is 9.10. The second-order valence-electron chi connectivity index (χ2n) is 5.88. The molecule has 2 aromatic carbocycles. The van der Waals surface area contributed by atoms with Crippen molar-refractivity contribution in [2.75, 3.05) is 0 Å². The van der Waals surface area contributed by atoms with E-state index in [1.165, 1.54) is 18.3 Å². The number of carbonyl (C=O) groups is 1. The zero-order chi connectivity index (χ0) is 20.1. The lowest BCUT2D eigenvalue weighted by Gasteiger charge is -2.08. The molecular weight excluding hydrogens is 437 g/mol. The molecule has 0 saturated carbocycles. The van der Waals surface area contributed by atoms with Gasteiger partial charge in [-0.05, 0) is 35.9 Å². The second-order valence-corrected chi connectivity index (χ2v) is 6.79. The normalized spacial score (nSPS) is 11.7. The Bertz CT molecular complexity index is 995. The predicted molar refractivity (Wildman–Crippen MR) is 103 cm³/mol. The van der Waals surface area contributed by atoms with Gasteiger partial charge in [-0.25, -0.2) is 5.43 Å². The van der Waals surface area contributed by atoms with Gasteiger partial charge in [0.05, 0.1) is 18.2 Å². The number of carbonyl (C=O) groups excluding carboxylic acids is 1. The molecule has 3 rings (SSSR count). The molecule has 0 aliphatic heterocycles. The van der Waals surface area contributed by atoms with Gasteiger partial charge in [-0.2, -0.15) is 18.3 Å². The second kappa shape index (κ2) is 8.43. The van der Waals surface area contributed by atoms with Crippen molar-refractivity contribution in [1.82, 2.24) is 5.43 Å². The average Bonchev–Trinajstić information content (AvgIpc) is 3.11. The Morgan fingerprint density at radius 1 is 1.11 bits per heavy atom. The average molecular weight is 451 g/mol. The quantitative estimate of drug-likeness (QED) is 0.416. The third-order valence-electron chi connectivity index (χ3n) is 3.76. The number of furan rings is 1. The molecule has 1 amide bonds. The number of hydrogen-bond donors (Lipinski definition) is 1. The molecule has 0 aliphatic carbocycles. The van der Waals surface area contributed by atoms with E-state index < -0.39 is 17.6 Å². The molecule has 28 heavy (non-hydrogen) atoms. The van der Waals surface area contributed by atoms with Crippen molar-refractivity contribution in [2.45, 2.75) is 12.6 Å². The van der Waals surface area contributed by atoms with Crippen molar-refractivity contribution in [3.05, 3.63) is 82.0 Å². The summed E-state index contributed by atoms with van der Waals surface area (Å²) < 4.78 is 44.7. The van der Waals surface area contributed by atoms with Crippen LogP contribution in [0.5, 0.6) is 0 Å². The molecule has 1 aromatic heterocycles. The number of nitrogens with zero attached hydrogens (tertiary/aromatic N) is 1. The maximum Gasteiger partial charge on any atom is 0.416 e. The van der Waals surface area contributed by atoms with Gasteiger partial charge in [-0.3, -0.25) is 4.79 Å². The summed E-state index contributed by atoms with van der Waals surface area (Å²) in [6.45, 7) is 0. The van der Waals surface area contributed by atoms with E-state index in [9.17, 15) is 18.0 Å². The van der Waals surface area contributed by atoms with Crippen LogP contribution in [-0.4, -0.2) is 12.1 Å². The molecule has 0 unspecified atom stereocenters. The van der Waals surface area contributed by atoms with E-state index in [1.807, 2.05) is 24.3 Å². The van der Waals surface area contributed by atoms with Gasteiger partial charge in [0.2, 0.25) is 5.91 Å². The Kier molecular flexibility index (Phi) is 5.99. The summed E-state index contributed by atoms with van der Waals surface area (Å²) in [4.78, 5) is 11.9. The number of benzene rings is 2. The lowest BCUT2D eigenvalue weighted by molar-refractivity contribution is -0.137. The first-order valence-electron chi connectivity index (χ1n) is 8.15. The van der Waals surface area contributed by atoms with Crippen molar-refractivity contribution < 1.29 is 22.4 Å².